The third kappa shape index (κ3) is 8.70. The number of hydrogen-bond donors (Lipinski definition) is 3. The maximum absolute atomic E-state index is 14.5. The molecule has 264 valence electrons. The van der Waals surface area contributed by atoms with Crippen LogP contribution in [0.3, 0.4) is 0 Å². The van der Waals surface area contributed by atoms with Crippen molar-refractivity contribution >= 4 is 29.4 Å². The standard InChI is InChI=1S/C37H45FN8O4/c1-24(39-5)32(47)43-31(37(2,3)4)35(50)46-21-28(41-33(48)26-10-7-6-8-11-26)20-29(46)22-44(19-16-25-12-14-27(38)15-13-25)34(49)30-23-45-18-9-17-40-36(45)42-30/h6-15,17-18,23-24,28-29,31,39H,16,19-22H2,1-5H3,(H,41,48)(H,43,47)/t24-,28-,29?,31+/m0/s1. The number of benzene rings is 2. The minimum absolute atomic E-state index is 0.127. The van der Waals surface area contributed by atoms with Gasteiger partial charge in [-0.3, -0.25) is 23.6 Å². The molecule has 0 aliphatic carbocycles. The highest BCUT2D eigenvalue weighted by atomic mass is 19.1. The summed E-state index contributed by atoms with van der Waals surface area (Å²) in [4.78, 5) is 67.0. The van der Waals surface area contributed by atoms with E-state index >= 15 is 0 Å². The Morgan fingerprint density at radius 2 is 1.76 bits per heavy atom. The van der Waals surface area contributed by atoms with Gasteiger partial charge in [0.1, 0.15) is 17.6 Å². The molecule has 2 aromatic carbocycles. The Hall–Kier alpha value is -5.17. The number of amides is 4. The van der Waals surface area contributed by atoms with E-state index in [1.165, 1.54) is 12.1 Å². The molecule has 4 aromatic rings. The van der Waals surface area contributed by atoms with Gasteiger partial charge >= 0.3 is 0 Å². The number of likely N-dealkylation sites (N-methyl/N-ethyl adjacent to an activating group) is 1. The van der Waals surface area contributed by atoms with E-state index < -0.39 is 29.6 Å². The summed E-state index contributed by atoms with van der Waals surface area (Å²) in [6, 6.07) is 14.3. The molecular formula is C37H45FN8O4. The number of carbonyl (C=O) groups is 4. The van der Waals surface area contributed by atoms with E-state index in [0.717, 1.165) is 5.56 Å². The second-order valence-corrected chi connectivity index (χ2v) is 13.8. The van der Waals surface area contributed by atoms with Crippen LogP contribution in [0.15, 0.2) is 79.3 Å². The molecule has 1 fully saturated rings. The van der Waals surface area contributed by atoms with E-state index in [1.807, 2.05) is 26.8 Å². The molecule has 3 heterocycles. The van der Waals surface area contributed by atoms with Gasteiger partial charge in [-0.1, -0.05) is 51.1 Å². The van der Waals surface area contributed by atoms with Crippen LogP contribution >= 0.6 is 0 Å². The van der Waals surface area contributed by atoms with E-state index in [1.54, 1.807) is 89.2 Å². The number of nitrogens with one attached hydrogen (secondary N) is 3. The molecular weight excluding hydrogens is 639 g/mol. The molecule has 0 spiro atoms. The quantitative estimate of drug-likeness (QED) is 0.208. The highest BCUT2D eigenvalue weighted by Crippen LogP contribution is 2.27. The van der Waals surface area contributed by atoms with Crippen LogP contribution in [0.2, 0.25) is 0 Å². The third-order valence-electron chi connectivity index (χ3n) is 9.05. The van der Waals surface area contributed by atoms with E-state index in [9.17, 15) is 23.6 Å². The average molecular weight is 685 g/mol. The minimum Gasteiger partial charge on any atom is -0.347 e. The Morgan fingerprint density at radius 1 is 1.04 bits per heavy atom. The first kappa shape index (κ1) is 36.1. The normalized spacial score (nSPS) is 17.3. The molecule has 0 radical (unpaired) electrons. The number of likely N-dealkylation sites (tertiary alicyclic amines) is 1. The summed E-state index contributed by atoms with van der Waals surface area (Å²) in [5.74, 6) is -1.23. The van der Waals surface area contributed by atoms with Gasteiger partial charge in [0, 0.05) is 49.8 Å². The second-order valence-electron chi connectivity index (χ2n) is 13.8. The largest absolute Gasteiger partial charge is 0.347 e. The lowest BCUT2D eigenvalue weighted by atomic mass is 9.85. The molecule has 12 nitrogen and oxygen atoms in total. The van der Waals surface area contributed by atoms with Crippen molar-refractivity contribution in [1.82, 2.24) is 40.1 Å². The van der Waals surface area contributed by atoms with Gasteiger partial charge < -0.3 is 25.8 Å². The maximum Gasteiger partial charge on any atom is 0.274 e. The number of hydrogen-bond acceptors (Lipinski definition) is 7. The van der Waals surface area contributed by atoms with E-state index in [2.05, 4.69) is 25.9 Å². The Kier molecular flexibility index (Phi) is 11.3. The fourth-order valence-corrected chi connectivity index (χ4v) is 6.08. The van der Waals surface area contributed by atoms with Crippen LogP contribution in [0.4, 0.5) is 4.39 Å². The van der Waals surface area contributed by atoms with Crippen molar-refractivity contribution in [2.45, 2.75) is 64.7 Å². The summed E-state index contributed by atoms with van der Waals surface area (Å²) >= 11 is 0. The highest BCUT2D eigenvalue weighted by molar-refractivity contribution is 5.95. The van der Waals surface area contributed by atoms with Gasteiger partial charge in [0.15, 0.2) is 0 Å². The fourth-order valence-electron chi connectivity index (χ4n) is 6.08. The SMILES string of the molecule is CN[C@@H](C)C(=O)N[C@H](C(=O)N1C[C@@H](NC(=O)c2ccccc2)CC1CN(CCc1ccc(F)cc1)C(=O)c1cn2cccnc2n1)C(C)(C)C. The lowest BCUT2D eigenvalue weighted by Gasteiger charge is -2.37. The van der Waals surface area contributed by atoms with Gasteiger partial charge in [-0.2, -0.15) is 0 Å². The minimum atomic E-state index is -0.884. The molecule has 5 rings (SSSR count). The van der Waals surface area contributed by atoms with Crippen LogP contribution in [-0.2, 0) is 16.0 Å². The van der Waals surface area contributed by atoms with Crippen LogP contribution < -0.4 is 16.0 Å². The predicted molar refractivity (Wildman–Crippen MR) is 187 cm³/mol. The van der Waals surface area contributed by atoms with Crippen molar-refractivity contribution in [1.29, 1.82) is 0 Å². The lowest BCUT2D eigenvalue weighted by Crippen LogP contribution is -2.59. The van der Waals surface area contributed by atoms with Crippen molar-refractivity contribution in [3.8, 4) is 0 Å². The van der Waals surface area contributed by atoms with Crippen LogP contribution in [0.1, 0.15) is 60.5 Å². The fraction of sp³-hybridized carbons (Fsp3) is 0.405. The summed E-state index contributed by atoms with van der Waals surface area (Å²) in [5.41, 5.74) is 0.861. The first-order valence-corrected chi connectivity index (χ1v) is 16.8. The van der Waals surface area contributed by atoms with Crippen LogP contribution in [0.5, 0.6) is 0 Å². The molecule has 0 saturated carbocycles. The molecule has 50 heavy (non-hydrogen) atoms. The molecule has 2 aromatic heterocycles. The zero-order valence-corrected chi connectivity index (χ0v) is 29.1. The topological polar surface area (TPSA) is 141 Å². The van der Waals surface area contributed by atoms with E-state index in [0.29, 0.717) is 24.2 Å². The molecule has 1 saturated heterocycles. The van der Waals surface area contributed by atoms with Gasteiger partial charge in [-0.15, -0.1) is 0 Å². The van der Waals surface area contributed by atoms with Gasteiger partial charge in [0.05, 0.1) is 12.1 Å². The Morgan fingerprint density at radius 3 is 2.42 bits per heavy atom. The average Bonchev–Trinajstić information content (AvgIpc) is 3.72. The van der Waals surface area contributed by atoms with Crippen molar-refractivity contribution < 1.29 is 23.6 Å². The van der Waals surface area contributed by atoms with Crippen LogP contribution in [0.25, 0.3) is 5.78 Å². The van der Waals surface area contributed by atoms with Crippen molar-refractivity contribution in [3.05, 3.63) is 102 Å². The monoisotopic (exact) mass is 684 g/mol. The summed E-state index contributed by atoms with van der Waals surface area (Å²) in [5, 5.41) is 8.94. The number of rotatable bonds is 12. The lowest BCUT2D eigenvalue weighted by molar-refractivity contribution is -0.140. The highest BCUT2D eigenvalue weighted by Gasteiger charge is 2.44. The molecule has 4 amide bonds. The Bertz CT molecular complexity index is 1770. The molecule has 1 unspecified atom stereocenters. The predicted octanol–water partition coefficient (Wildman–Crippen LogP) is 3.09. The van der Waals surface area contributed by atoms with Crippen molar-refractivity contribution in [2.24, 2.45) is 5.41 Å². The zero-order valence-electron chi connectivity index (χ0n) is 29.1. The second kappa shape index (κ2) is 15.6. The first-order chi connectivity index (χ1) is 23.8. The summed E-state index contributed by atoms with van der Waals surface area (Å²) in [6.45, 7) is 7.94. The zero-order chi connectivity index (χ0) is 36.0. The van der Waals surface area contributed by atoms with E-state index in [-0.39, 0.29) is 54.8 Å². The number of imidazole rings is 1. The van der Waals surface area contributed by atoms with Crippen molar-refractivity contribution in [3.63, 3.8) is 0 Å². The van der Waals surface area contributed by atoms with E-state index in [4.69, 9.17) is 0 Å². The van der Waals surface area contributed by atoms with Crippen molar-refractivity contribution in [2.75, 3.05) is 26.7 Å². The molecule has 1 aliphatic heterocycles. The number of carbonyl (C=O) groups excluding carboxylic acids is 4. The molecule has 13 heteroatoms. The van der Waals surface area contributed by atoms with Crippen LogP contribution in [0, 0.1) is 11.2 Å². The summed E-state index contributed by atoms with van der Waals surface area (Å²) < 4.78 is 15.3. The Labute approximate surface area is 291 Å². The molecule has 4 atom stereocenters. The maximum atomic E-state index is 14.5. The third-order valence-corrected chi connectivity index (χ3v) is 9.05. The van der Waals surface area contributed by atoms with Gasteiger partial charge in [-0.25, -0.2) is 14.4 Å². The molecule has 3 N–H and O–H groups in total. The molecule has 0 bridgehead atoms. The summed E-state index contributed by atoms with van der Waals surface area (Å²) in [7, 11) is 1.67. The molecule has 1 aliphatic rings. The van der Waals surface area contributed by atoms with Gasteiger partial charge in [0.2, 0.25) is 17.6 Å². The van der Waals surface area contributed by atoms with Crippen LogP contribution in [-0.4, -0.2) is 98.6 Å². The number of nitrogens with zero attached hydrogens (tertiary/aromatic N) is 5. The number of halogens is 1. The number of fused-ring (bicyclic) bond motifs is 1. The smallest absolute Gasteiger partial charge is 0.274 e. The van der Waals surface area contributed by atoms with Gasteiger partial charge in [0.25, 0.3) is 11.8 Å². The Balaban J connectivity index is 1.46. The first-order valence-electron chi connectivity index (χ1n) is 16.8. The summed E-state index contributed by atoms with van der Waals surface area (Å²) in [6.07, 6.45) is 5.76. The van der Waals surface area contributed by atoms with Gasteiger partial charge in [-0.05, 0) is 68.1 Å². The number of aromatic nitrogens is 3.